The molecule has 1 aromatic rings. The second-order valence-electron chi connectivity index (χ2n) is 3.72. The Labute approximate surface area is 83.5 Å². The number of hydrogen-bond acceptors (Lipinski definition) is 2. The minimum Gasteiger partial charge on any atom is -0.337 e. The highest BCUT2D eigenvalue weighted by Crippen LogP contribution is 2.13. The Balaban J connectivity index is 2.02. The normalized spacial score (nSPS) is 21.6. The second-order valence-corrected chi connectivity index (χ2v) is 3.72. The van der Waals surface area contributed by atoms with Gasteiger partial charge in [-0.3, -0.25) is 4.79 Å². The van der Waals surface area contributed by atoms with Crippen LogP contribution in [0.5, 0.6) is 0 Å². The zero-order chi connectivity index (χ0) is 9.97. The molecular formula is C11H14N2O. The Bertz CT molecular complexity index is 323. The van der Waals surface area contributed by atoms with Gasteiger partial charge in [-0.1, -0.05) is 30.3 Å². The lowest BCUT2D eigenvalue weighted by atomic mass is 10.2. The van der Waals surface area contributed by atoms with Gasteiger partial charge in [-0.15, -0.1) is 0 Å². The van der Waals surface area contributed by atoms with Gasteiger partial charge < -0.3 is 10.6 Å². The van der Waals surface area contributed by atoms with Crippen molar-refractivity contribution in [1.82, 2.24) is 4.90 Å². The highest BCUT2D eigenvalue weighted by molar-refractivity contribution is 5.79. The fraction of sp³-hybridized carbons (Fsp3) is 0.364. The van der Waals surface area contributed by atoms with Crippen LogP contribution in [0.2, 0.25) is 0 Å². The fourth-order valence-electron chi connectivity index (χ4n) is 1.76. The summed E-state index contributed by atoms with van der Waals surface area (Å²) in [5.41, 5.74) is 6.87. The van der Waals surface area contributed by atoms with Gasteiger partial charge in [-0.05, 0) is 5.56 Å². The van der Waals surface area contributed by atoms with Crippen LogP contribution in [-0.4, -0.2) is 23.4 Å². The molecule has 0 spiro atoms. The van der Waals surface area contributed by atoms with Crippen molar-refractivity contribution < 1.29 is 4.79 Å². The largest absolute Gasteiger partial charge is 0.337 e. The maximum absolute atomic E-state index is 11.4. The van der Waals surface area contributed by atoms with Crippen molar-refractivity contribution in [2.45, 2.75) is 19.0 Å². The van der Waals surface area contributed by atoms with E-state index in [1.165, 1.54) is 0 Å². The summed E-state index contributed by atoms with van der Waals surface area (Å²) in [4.78, 5) is 13.3. The van der Waals surface area contributed by atoms with Gasteiger partial charge in [0.2, 0.25) is 5.91 Å². The number of carbonyl (C=O) groups is 1. The lowest BCUT2D eigenvalue weighted by molar-refractivity contribution is -0.128. The Morgan fingerprint density at radius 3 is 2.64 bits per heavy atom. The van der Waals surface area contributed by atoms with Crippen LogP contribution < -0.4 is 5.73 Å². The minimum absolute atomic E-state index is 0.0196. The highest BCUT2D eigenvalue weighted by Gasteiger charge is 2.26. The fourth-order valence-corrected chi connectivity index (χ4v) is 1.76. The van der Waals surface area contributed by atoms with E-state index in [2.05, 4.69) is 0 Å². The third-order valence-corrected chi connectivity index (χ3v) is 2.46. The second kappa shape index (κ2) is 3.80. The molecule has 1 aliphatic rings. The van der Waals surface area contributed by atoms with Gasteiger partial charge in [0, 0.05) is 25.6 Å². The molecule has 74 valence electrons. The third-order valence-electron chi connectivity index (χ3n) is 2.46. The number of nitrogens with two attached hydrogens (primary N) is 1. The van der Waals surface area contributed by atoms with Crippen molar-refractivity contribution in [3.63, 3.8) is 0 Å². The van der Waals surface area contributed by atoms with Gasteiger partial charge >= 0.3 is 0 Å². The number of likely N-dealkylation sites (tertiary alicyclic amines) is 1. The average Bonchev–Trinajstić information content (AvgIpc) is 2.47. The lowest BCUT2D eigenvalue weighted by Crippen LogP contribution is -2.27. The van der Waals surface area contributed by atoms with E-state index in [4.69, 9.17) is 5.73 Å². The van der Waals surface area contributed by atoms with Crippen molar-refractivity contribution in [2.24, 2.45) is 5.73 Å². The molecule has 1 aromatic carbocycles. The van der Waals surface area contributed by atoms with E-state index in [1.54, 1.807) is 0 Å². The first-order valence-electron chi connectivity index (χ1n) is 4.83. The summed E-state index contributed by atoms with van der Waals surface area (Å²) in [7, 11) is 0. The molecule has 1 atom stereocenters. The summed E-state index contributed by atoms with van der Waals surface area (Å²) in [6.45, 7) is 1.38. The lowest BCUT2D eigenvalue weighted by Gasteiger charge is -2.15. The molecule has 0 aliphatic carbocycles. The summed E-state index contributed by atoms with van der Waals surface area (Å²) in [6.07, 6.45) is 0.493. The maximum Gasteiger partial charge on any atom is 0.224 e. The average molecular weight is 190 g/mol. The van der Waals surface area contributed by atoms with Gasteiger partial charge in [0.1, 0.15) is 0 Å². The van der Waals surface area contributed by atoms with Crippen LogP contribution in [0.15, 0.2) is 30.3 Å². The first-order valence-corrected chi connectivity index (χ1v) is 4.83. The van der Waals surface area contributed by atoms with Crippen LogP contribution in [0.25, 0.3) is 0 Å². The smallest absolute Gasteiger partial charge is 0.224 e. The molecule has 14 heavy (non-hydrogen) atoms. The molecular weight excluding hydrogens is 176 g/mol. The van der Waals surface area contributed by atoms with Crippen LogP contribution in [0.1, 0.15) is 12.0 Å². The van der Waals surface area contributed by atoms with Gasteiger partial charge in [0.15, 0.2) is 0 Å². The monoisotopic (exact) mass is 190 g/mol. The molecule has 2 N–H and O–H groups in total. The molecule has 0 aromatic heterocycles. The number of rotatable bonds is 2. The molecule has 2 rings (SSSR count). The van der Waals surface area contributed by atoms with Crippen molar-refractivity contribution >= 4 is 5.91 Å². The van der Waals surface area contributed by atoms with E-state index in [9.17, 15) is 4.79 Å². The van der Waals surface area contributed by atoms with Crippen molar-refractivity contribution in [3.05, 3.63) is 35.9 Å². The Hall–Kier alpha value is -1.35. The van der Waals surface area contributed by atoms with Gasteiger partial charge in [-0.25, -0.2) is 0 Å². The van der Waals surface area contributed by atoms with Gasteiger partial charge in [-0.2, -0.15) is 0 Å². The van der Waals surface area contributed by atoms with Crippen LogP contribution >= 0.6 is 0 Å². The van der Waals surface area contributed by atoms with E-state index in [1.807, 2.05) is 35.2 Å². The molecule has 1 amide bonds. The van der Waals surface area contributed by atoms with E-state index in [0.29, 0.717) is 19.5 Å². The molecule has 1 heterocycles. The Kier molecular flexibility index (Phi) is 2.50. The van der Waals surface area contributed by atoms with Gasteiger partial charge in [0.05, 0.1) is 0 Å². The summed E-state index contributed by atoms with van der Waals surface area (Å²) < 4.78 is 0. The van der Waals surface area contributed by atoms with Crippen LogP contribution in [-0.2, 0) is 11.3 Å². The molecule has 1 fully saturated rings. The van der Waals surface area contributed by atoms with Crippen LogP contribution in [0.4, 0.5) is 0 Å². The Morgan fingerprint density at radius 1 is 1.36 bits per heavy atom. The SMILES string of the molecule is N[C@@H]1CC(=O)N(Cc2ccccc2)C1. The molecule has 0 radical (unpaired) electrons. The molecule has 3 nitrogen and oxygen atoms in total. The first kappa shape index (κ1) is 9.21. The van der Waals surface area contributed by atoms with E-state index >= 15 is 0 Å². The summed E-state index contributed by atoms with van der Waals surface area (Å²) in [5, 5.41) is 0. The summed E-state index contributed by atoms with van der Waals surface area (Å²) in [5.74, 6) is 0.168. The van der Waals surface area contributed by atoms with Crippen LogP contribution in [0, 0.1) is 0 Å². The standard InChI is InChI=1S/C11H14N2O/c12-10-6-11(14)13(8-10)7-9-4-2-1-3-5-9/h1-5,10H,6-8,12H2/t10-/m1/s1. The first-order chi connectivity index (χ1) is 6.75. The number of nitrogens with zero attached hydrogens (tertiary/aromatic N) is 1. The third kappa shape index (κ3) is 1.93. The van der Waals surface area contributed by atoms with Crippen molar-refractivity contribution in [3.8, 4) is 0 Å². The quantitative estimate of drug-likeness (QED) is 0.748. The predicted octanol–water partition coefficient (Wildman–Crippen LogP) is 0.746. The maximum atomic E-state index is 11.4. The number of benzene rings is 1. The minimum atomic E-state index is 0.0196. The summed E-state index contributed by atoms with van der Waals surface area (Å²) >= 11 is 0. The van der Waals surface area contributed by atoms with Gasteiger partial charge in [0.25, 0.3) is 0 Å². The zero-order valence-corrected chi connectivity index (χ0v) is 8.02. The number of carbonyl (C=O) groups excluding carboxylic acids is 1. The van der Waals surface area contributed by atoms with E-state index in [-0.39, 0.29) is 11.9 Å². The molecule has 0 bridgehead atoms. The number of hydrogen-bond donors (Lipinski definition) is 1. The topological polar surface area (TPSA) is 46.3 Å². The van der Waals surface area contributed by atoms with E-state index in [0.717, 1.165) is 5.56 Å². The molecule has 3 heteroatoms. The molecule has 1 aliphatic heterocycles. The van der Waals surface area contributed by atoms with Crippen LogP contribution in [0.3, 0.4) is 0 Å². The zero-order valence-electron chi connectivity index (χ0n) is 8.02. The van der Waals surface area contributed by atoms with Crippen molar-refractivity contribution in [1.29, 1.82) is 0 Å². The molecule has 0 saturated carbocycles. The van der Waals surface area contributed by atoms with E-state index < -0.39 is 0 Å². The molecule has 1 saturated heterocycles. The highest BCUT2D eigenvalue weighted by atomic mass is 16.2. The van der Waals surface area contributed by atoms with Crippen molar-refractivity contribution in [2.75, 3.05) is 6.54 Å². The summed E-state index contributed by atoms with van der Waals surface area (Å²) in [6, 6.07) is 10.0. The number of amides is 1. The Morgan fingerprint density at radius 2 is 2.07 bits per heavy atom. The molecule has 0 unspecified atom stereocenters. The predicted molar refractivity (Wildman–Crippen MR) is 54.5 cm³/mol.